The summed E-state index contributed by atoms with van der Waals surface area (Å²) < 4.78 is 18.2. The minimum atomic E-state index is -0.561. The molecule has 0 unspecified atom stereocenters. The number of phenolic OH excluding ortho intramolecular Hbond substituents is 1. The van der Waals surface area contributed by atoms with Crippen LogP contribution in [-0.2, 0) is 4.74 Å². The Balaban J connectivity index is 2.39. The zero-order valence-electron chi connectivity index (χ0n) is 10.6. The number of hydrogen-bond acceptors (Lipinski definition) is 3. The van der Waals surface area contributed by atoms with E-state index in [0.29, 0.717) is 25.7 Å². The summed E-state index contributed by atoms with van der Waals surface area (Å²) in [7, 11) is 0. The van der Waals surface area contributed by atoms with Crippen LogP contribution in [0.5, 0.6) is 5.75 Å². The Bertz CT molecular complexity index is 407. The second-order valence-electron chi connectivity index (χ2n) is 4.39. The molecular weight excluding hydrogens is 237 g/mol. The van der Waals surface area contributed by atoms with E-state index in [2.05, 4.69) is 5.32 Å². The molecule has 1 amide bonds. The van der Waals surface area contributed by atoms with Crippen molar-refractivity contribution in [3.8, 4) is 5.75 Å². The number of rotatable bonds is 6. The third-order valence-electron chi connectivity index (χ3n) is 2.19. The highest BCUT2D eigenvalue weighted by molar-refractivity contribution is 5.96. The summed E-state index contributed by atoms with van der Waals surface area (Å²) in [6, 6.07) is 3.25. The second-order valence-corrected chi connectivity index (χ2v) is 4.39. The van der Waals surface area contributed by atoms with E-state index in [1.54, 1.807) is 0 Å². The molecule has 1 aromatic rings. The largest absolute Gasteiger partial charge is 0.507 e. The Morgan fingerprint density at radius 3 is 2.89 bits per heavy atom. The topological polar surface area (TPSA) is 58.6 Å². The first-order valence-electron chi connectivity index (χ1n) is 5.85. The fraction of sp³-hybridized carbons (Fsp3) is 0.462. The van der Waals surface area contributed by atoms with Crippen LogP contribution in [0.2, 0.25) is 0 Å². The van der Waals surface area contributed by atoms with Gasteiger partial charge in [0.1, 0.15) is 11.6 Å². The first-order chi connectivity index (χ1) is 8.50. The molecule has 0 aromatic heterocycles. The first kappa shape index (κ1) is 14.4. The van der Waals surface area contributed by atoms with Crippen molar-refractivity contribution in [1.82, 2.24) is 5.32 Å². The number of carbonyl (C=O) groups is 1. The van der Waals surface area contributed by atoms with Crippen molar-refractivity contribution in [2.24, 2.45) is 5.92 Å². The lowest BCUT2D eigenvalue weighted by Gasteiger charge is -2.09. The number of carbonyl (C=O) groups excluding carboxylic acids is 1. The van der Waals surface area contributed by atoms with Gasteiger partial charge in [0.2, 0.25) is 0 Å². The molecule has 0 aliphatic heterocycles. The summed E-state index contributed by atoms with van der Waals surface area (Å²) in [6.07, 6.45) is 0. The van der Waals surface area contributed by atoms with Crippen molar-refractivity contribution in [2.75, 3.05) is 19.8 Å². The molecule has 0 saturated carbocycles. The third-order valence-corrected chi connectivity index (χ3v) is 2.19. The monoisotopic (exact) mass is 255 g/mol. The van der Waals surface area contributed by atoms with E-state index in [-0.39, 0.29) is 11.3 Å². The lowest BCUT2D eigenvalue weighted by molar-refractivity contribution is 0.0883. The number of benzene rings is 1. The van der Waals surface area contributed by atoms with E-state index in [1.165, 1.54) is 0 Å². The van der Waals surface area contributed by atoms with Crippen molar-refractivity contribution in [2.45, 2.75) is 13.8 Å². The SMILES string of the molecule is CC(C)COCCNC(=O)c1cc(F)ccc1O. The van der Waals surface area contributed by atoms with Gasteiger partial charge in [-0.15, -0.1) is 0 Å². The molecule has 1 rings (SSSR count). The van der Waals surface area contributed by atoms with Crippen molar-refractivity contribution in [1.29, 1.82) is 0 Å². The summed E-state index contributed by atoms with van der Waals surface area (Å²) in [5.41, 5.74) is -0.0705. The number of aromatic hydroxyl groups is 1. The zero-order chi connectivity index (χ0) is 13.5. The van der Waals surface area contributed by atoms with E-state index in [4.69, 9.17) is 4.74 Å². The Labute approximate surface area is 106 Å². The van der Waals surface area contributed by atoms with Crippen LogP contribution in [-0.4, -0.2) is 30.8 Å². The normalized spacial score (nSPS) is 10.7. The lowest BCUT2D eigenvalue weighted by atomic mass is 10.2. The Morgan fingerprint density at radius 1 is 1.50 bits per heavy atom. The molecule has 100 valence electrons. The minimum Gasteiger partial charge on any atom is -0.507 e. The maximum atomic E-state index is 12.9. The summed E-state index contributed by atoms with van der Waals surface area (Å²) >= 11 is 0. The quantitative estimate of drug-likeness (QED) is 0.764. The van der Waals surface area contributed by atoms with E-state index >= 15 is 0 Å². The molecule has 0 heterocycles. The molecule has 2 N–H and O–H groups in total. The average Bonchev–Trinajstić information content (AvgIpc) is 2.31. The van der Waals surface area contributed by atoms with Gasteiger partial charge in [-0.1, -0.05) is 13.8 Å². The minimum absolute atomic E-state index is 0.0705. The van der Waals surface area contributed by atoms with Gasteiger partial charge in [-0.05, 0) is 24.1 Å². The molecule has 1 aromatic carbocycles. The van der Waals surface area contributed by atoms with Gasteiger partial charge >= 0.3 is 0 Å². The number of nitrogens with one attached hydrogen (secondary N) is 1. The molecule has 0 aliphatic carbocycles. The zero-order valence-corrected chi connectivity index (χ0v) is 10.6. The van der Waals surface area contributed by atoms with Crippen LogP contribution in [0.3, 0.4) is 0 Å². The van der Waals surface area contributed by atoms with Gasteiger partial charge in [-0.3, -0.25) is 4.79 Å². The predicted octanol–water partition coefficient (Wildman–Crippen LogP) is 1.93. The van der Waals surface area contributed by atoms with E-state index < -0.39 is 11.7 Å². The molecule has 18 heavy (non-hydrogen) atoms. The lowest BCUT2D eigenvalue weighted by Crippen LogP contribution is -2.27. The van der Waals surface area contributed by atoms with E-state index in [1.807, 2.05) is 13.8 Å². The highest BCUT2D eigenvalue weighted by Gasteiger charge is 2.11. The molecule has 0 bridgehead atoms. The Morgan fingerprint density at radius 2 is 2.22 bits per heavy atom. The molecule has 0 fully saturated rings. The van der Waals surface area contributed by atoms with Crippen LogP contribution in [0.25, 0.3) is 0 Å². The molecule has 0 spiro atoms. The van der Waals surface area contributed by atoms with E-state index in [9.17, 15) is 14.3 Å². The van der Waals surface area contributed by atoms with Crippen LogP contribution in [0, 0.1) is 11.7 Å². The van der Waals surface area contributed by atoms with Gasteiger partial charge in [-0.25, -0.2) is 4.39 Å². The second kappa shape index (κ2) is 6.96. The maximum Gasteiger partial charge on any atom is 0.255 e. The van der Waals surface area contributed by atoms with Crippen molar-refractivity contribution in [3.63, 3.8) is 0 Å². The van der Waals surface area contributed by atoms with Crippen LogP contribution >= 0.6 is 0 Å². The van der Waals surface area contributed by atoms with Gasteiger partial charge in [0, 0.05) is 13.2 Å². The summed E-state index contributed by atoms with van der Waals surface area (Å²) in [5.74, 6) is -0.876. The van der Waals surface area contributed by atoms with Crippen molar-refractivity contribution < 1.29 is 19.0 Å². The molecule has 0 atom stereocenters. The summed E-state index contributed by atoms with van der Waals surface area (Å²) in [6.45, 7) is 5.40. The van der Waals surface area contributed by atoms with Gasteiger partial charge in [0.15, 0.2) is 0 Å². The molecule has 0 saturated heterocycles. The third kappa shape index (κ3) is 4.71. The number of hydrogen-bond donors (Lipinski definition) is 2. The number of amides is 1. The van der Waals surface area contributed by atoms with Crippen LogP contribution in [0.1, 0.15) is 24.2 Å². The first-order valence-corrected chi connectivity index (χ1v) is 5.85. The molecule has 0 radical (unpaired) electrons. The Hall–Kier alpha value is -1.62. The summed E-state index contributed by atoms with van der Waals surface area (Å²) in [5, 5.41) is 12.0. The van der Waals surface area contributed by atoms with Crippen LogP contribution < -0.4 is 5.32 Å². The molecule has 0 aliphatic rings. The molecule has 5 heteroatoms. The van der Waals surface area contributed by atoms with Crippen molar-refractivity contribution in [3.05, 3.63) is 29.6 Å². The standard InChI is InChI=1S/C13H18FNO3/c1-9(2)8-18-6-5-15-13(17)11-7-10(14)3-4-12(11)16/h3-4,7,9,16H,5-6,8H2,1-2H3,(H,15,17). The van der Waals surface area contributed by atoms with Crippen molar-refractivity contribution >= 4 is 5.91 Å². The maximum absolute atomic E-state index is 12.9. The van der Waals surface area contributed by atoms with Gasteiger partial charge in [0.05, 0.1) is 12.2 Å². The molecule has 4 nitrogen and oxygen atoms in total. The van der Waals surface area contributed by atoms with Gasteiger partial charge in [0.25, 0.3) is 5.91 Å². The van der Waals surface area contributed by atoms with Gasteiger partial charge < -0.3 is 15.2 Å². The Kier molecular flexibility index (Phi) is 5.58. The predicted molar refractivity (Wildman–Crippen MR) is 66.1 cm³/mol. The average molecular weight is 255 g/mol. The number of ether oxygens (including phenoxy) is 1. The van der Waals surface area contributed by atoms with Crippen LogP contribution in [0.15, 0.2) is 18.2 Å². The fourth-order valence-electron chi connectivity index (χ4n) is 1.34. The molecular formula is C13H18FNO3. The number of phenols is 1. The number of halogens is 1. The van der Waals surface area contributed by atoms with E-state index in [0.717, 1.165) is 18.2 Å². The van der Waals surface area contributed by atoms with Gasteiger partial charge in [-0.2, -0.15) is 0 Å². The highest BCUT2D eigenvalue weighted by atomic mass is 19.1. The summed E-state index contributed by atoms with van der Waals surface area (Å²) in [4.78, 5) is 11.6. The highest BCUT2D eigenvalue weighted by Crippen LogP contribution is 2.17. The van der Waals surface area contributed by atoms with Crippen LogP contribution in [0.4, 0.5) is 4.39 Å². The smallest absolute Gasteiger partial charge is 0.255 e. The fourth-order valence-corrected chi connectivity index (χ4v) is 1.34.